The van der Waals surface area contributed by atoms with Gasteiger partial charge in [0.1, 0.15) is 0 Å². The zero-order valence-electron chi connectivity index (χ0n) is 13.3. The van der Waals surface area contributed by atoms with Gasteiger partial charge in [-0.15, -0.1) is 0 Å². The van der Waals surface area contributed by atoms with Crippen LogP contribution in [0.5, 0.6) is 0 Å². The third-order valence-corrected chi connectivity index (χ3v) is 5.16. The topological polar surface area (TPSA) is 78.8 Å². The summed E-state index contributed by atoms with van der Waals surface area (Å²) in [7, 11) is 0. The molecule has 1 aliphatic carbocycles. The second-order valence-electron chi connectivity index (χ2n) is 6.08. The van der Waals surface area contributed by atoms with Crippen LogP contribution in [-0.2, 0) is 19.6 Å². The van der Waals surface area contributed by atoms with Gasteiger partial charge in [-0.05, 0) is 43.0 Å². The molecule has 0 amide bonds. The van der Waals surface area contributed by atoms with Crippen LogP contribution in [-0.4, -0.2) is 11.1 Å². The molecule has 2 rings (SSSR count). The van der Waals surface area contributed by atoms with Crippen molar-refractivity contribution in [2.75, 3.05) is 0 Å². The van der Waals surface area contributed by atoms with Crippen LogP contribution < -0.4 is 5.26 Å². The Morgan fingerprint density at radius 1 is 1.35 bits per heavy atom. The largest absolute Gasteiger partial charge is 0.691 e. The summed E-state index contributed by atoms with van der Waals surface area (Å²) >= 11 is 0.900. The van der Waals surface area contributed by atoms with E-state index in [2.05, 4.69) is 29.3 Å². The smallest absolute Gasteiger partial charge is 0.303 e. The molecule has 6 heteroatoms. The molecule has 23 heavy (non-hydrogen) atoms. The zero-order valence-corrected chi connectivity index (χ0v) is 14.1. The Morgan fingerprint density at radius 2 is 2.13 bits per heavy atom. The van der Waals surface area contributed by atoms with Crippen molar-refractivity contribution in [1.82, 2.24) is 0 Å². The number of hydrogen-bond donors (Lipinski definition) is 1. The molecule has 0 radical (unpaired) electrons. The highest BCUT2D eigenvalue weighted by Gasteiger charge is 2.34. The van der Waals surface area contributed by atoms with Gasteiger partial charge in [-0.1, -0.05) is 37.5 Å². The average molecular weight is 337 g/mol. The Labute approximate surface area is 140 Å². The fourth-order valence-electron chi connectivity index (χ4n) is 3.11. The lowest BCUT2D eigenvalue weighted by Gasteiger charge is -2.28. The van der Waals surface area contributed by atoms with Crippen LogP contribution in [0.3, 0.4) is 0 Å². The number of rotatable bonds is 9. The number of hydrogen-bond acceptors (Lipinski definition) is 5. The summed E-state index contributed by atoms with van der Waals surface area (Å²) in [5, 5.41) is 22.1. The van der Waals surface area contributed by atoms with Gasteiger partial charge in [-0.2, -0.15) is 4.33 Å². The Bertz CT molecular complexity index is 599. The maximum Gasteiger partial charge on any atom is 0.303 e. The maximum atomic E-state index is 10.6. The molecule has 1 aliphatic rings. The van der Waals surface area contributed by atoms with Crippen molar-refractivity contribution in [3.63, 3.8) is 0 Å². The molecule has 1 atom stereocenters. The predicted molar refractivity (Wildman–Crippen MR) is 86.2 cm³/mol. The van der Waals surface area contributed by atoms with E-state index in [4.69, 9.17) is 5.11 Å². The molecule has 1 unspecified atom stereocenters. The summed E-state index contributed by atoms with van der Waals surface area (Å²) in [4.78, 5) is 11.4. The van der Waals surface area contributed by atoms with Crippen molar-refractivity contribution in [2.45, 2.75) is 56.3 Å². The molecule has 1 N–H and O–H groups in total. The maximum absolute atomic E-state index is 10.6. The summed E-state index contributed by atoms with van der Waals surface area (Å²) < 4.78 is 4.40. The lowest BCUT2D eigenvalue weighted by atomic mass is 9.76. The third kappa shape index (κ3) is 4.35. The van der Waals surface area contributed by atoms with Crippen LogP contribution in [0.25, 0.3) is 6.08 Å². The van der Waals surface area contributed by atoms with Crippen LogP contribution in [0.15, 0.2) is 28.7 Å². The zero-order chi connectivity index (χ0) is 16.9. The molecule has 126 valence electrons. The Hall–Kier alpha value is -1.34. The van der Waals surface area contributed by atoms with E-state index in [0.29, 0.717) is 6.42 Å². The first-order chi connectivity index (χ1) is 11.0. The fourth-order valence-corrected chi connectivity index (χ4v) is 3.51. The second kappa shape index (κ2) is 7.97. The van der Waals surface area contributed by atoms with Crippen LogP contribution in [0.2, 0.25) is 0 Å². The Kier molecular flexibility index (Phi) is 6.24. The molecule has 0 saturated carbocycles. The molecule has 1 aromatic rings. The van der Waals surface area contributed by atoms with Gasteiger partial charge in [0.15, 0.2) is 0 Å². The van der Waals surface area contributed by atoms with Crippen molar-refractivity contribution in [3.05, 3.63) is 34.9 Å². The molecule has 0 fully saturated rings. The number of carboxylic acids is 1. The summed E-state index contributed by atoms with van der Waals surface area (Å²) in [5.74, 6) is -0.735. The van der Waals surface area contributed by atoms with E-state index in [-0.39, 0.29) is 11.8 Å². The van der Waals surface area contributed by atoms with Crippen LogP contribution in [0.4, 0.5) is 0 Å². The quantitative estimate of drug-likeness (QED) is 0.321. The van der Waals surface area contributed by atoms with Gasteiger partial charge in [0.2, 0.25) is 0 Å². The normalized spacial score (nSPS) is 19.5. The molecular formula is C17H21O5S-. The Morgan fingerprint density at radius 3 is 2.83 bits per heavy atom. The van der Waals surface area contributed by atoms with Gasteiger partial charge in [0.05, 0.1) is 12.0 Å². The Balaban J connectivity index is 2.04. The minimum Gasteiger partial charge on any atom is -0.691 e. The highest BCUT2D eigenvalue weighted by atomic mass is 32.2. The summed E-state index contributed by atoms with van der Waals surface area (Å²) in [6.07, 6.45) is 5.99. The molecule has 5 nitrogen and oxygen atoms in total. The lowest BCUT2D eigenvalue weighted by molar-refractivity contribution is -0.777. The molecule has 0 saturated heterocycles. The van der Waals surface area contributed by atoms with Crippen molar-refractivity contribution in [2.24, 2.45) is 0 Å². The van der Waals surface area contributed by atoms with Crippen LogP contribution >= 0.6 is 12.0 Å². The molecule has 0 spiro atoms. The van der Waals surface area contributed by atoms with E-state index >= 15 is 0 Å². The number of carboxylic acid groups (broad SMARTS) is 1. The second-order valence-corrected chi connectivity index (χ2v) is 6.86. The fraction of sp³-hybridized carbons (Fsp3) is 0.471. The highest BCUT2D eigenvalue weighted by molar-refractivity contribution is 7.94. The van der Waals surface area contributed by atoms with Crippen molar-refractivity contribution in [3.8, 4) is 0 Å². The molecule has 0 aliphatic heterocycles. The van der Waals surface area contributed by atoms with E-state index < -0.39 is 5.97 Å². The van der Waals surface area contributed by atoms with E-state index in [1.165, 1.54) is 16.7 Å². The minimum atomic E-state index is -0.735. The number of unbranched alkanes of at least 4 members (excludes halogenated alkanes) is 2. The first-order valence-corrected chi connectivity index (χ1v) is 8.40. The van der Waals surface area contributed by atoms with Crippen molar-refractivity contribution < 1.29 is 24.5 Å². The molecular weight excluding hydrogens is 316 g/mol. The highest BCUT2D eigenvalue weighted by Crippen LogP contribution is 2.46. The van der Waals surface area contributed by atoms with Gasteiger partial charge in [-0.3, -0.25) is 9.83 Å². The van der Waals surface area contributed by atoms with Crippen molar-refractivity contribution in [1.29, 1.82) is 0 Å². The lowest BCUT2D eigenvalue weighted by Crippen LogP contribution is -2.21. The predicted octanol–water partition coefficient (Wildman–Crippen LogP) is 3.63. The van der Waals surface area contributed by atoms with E-state index in [1.54, 1.807) is 0 Å². The molecule has 0 aromatic heterocycles. The minimum absolute atomic E-state index is 0.0621. The van der Waals surface area contributed by atoms with Gasteiger partial charge >= 0.3 is 5.97 Å². The number of allylic oxidation sites excluding steroid dienone is 1. The standard InChI is InChI=1S/C17H22O5S/c1-12-10-13-7-8-14(23-22-21-20)11-15(13)17(12,2)9-5-3-4-6-16(18)19/h7-8,10-11,20H,3-6,9H2,1-2H3,(H,18,19)/p-1. The first kappa shape index (κ1) is 18.0. The third-order valence-electron chi connectivity index (χ3n) is 4.59. The molecule has 0 heterocycles. The van der Waals surface area contributed by atoms with E-state index in [1.807, 2.05) is 18.2 Å². The number of aliphatic carboxylic acids is 1. The SMILES string of the molecule is CC1=Cc2ccc(SOO[O-])cc2C1(C)CCCCCC(=O)O. The van der Waals surface area contributed by atoms with Crippen molar-refractivity contribution >= 4 is 24.1 Å². The number of benzene rings is 1. The van der Waals surface area contributed by atoms with Gasteiger partial charge < -0.3 is 10.4 Å². The summed E-state index contributed by atoms with van der Waals surface area (Å²) in [5.41, 5.74) is 3.64. The van der Waals surface area contributed by atoms with Crippen LogP contribution in [0.1, 0.15) is 57.1 Å². The van der Waals surface area contributed by atoms with Gasteiger partial charge in [-0.25, -0.2) is 0 Å². The molecule has 1 aromatic carbocycles. The summed E-state index contributed by atoms with van der Waals surface area (Å²) in [6.45, 7) is 4.34. The van der Waals surface area contributed by atoms with Crippen LogP contribution in [0, 0.1) is 0 Å². The summed E-state index contributed by atoms with van der Waals surface area (Å²) in [6, 6.07) is 5.94. The average Bonchev–Trinajstić information content (AvgIpc) is 2.76. The van der Waals surface area contributed by atoms with E-state index in [0.717, 1.165) is 36.2 Å². The monoisotopic (exact) mass is 337 g/mol. The number of carbonyl (C=O) groups is 1. The number of fused-ring (bicyclic) bond motifs is 1. The van der Waals surface area contributed by atoms with E-state index in [9.17, 15) is 10.1 Å². The van der Waals surface area contributed by atoms with Gasteiger partial charge in [0.25, 0.3) is 0 Å². The van der Waals surface area contributed by atoms with Gasteiger partial charge in [0, 0.05) is 16.7 Å². The molecule has 0 bridgehead atoms. The first-order valence-electron chi connectivity index (χ1n) is 7.65.